The molecule has 0 N–H and O–H groups in total. The van der Waals surface area contributed by atoms with Crippen LogP contribution in [0, 0.1) is 13.8 Å². The second-order valence-corrected chi connectivity index (χ2v) is 18.6. The van der Waals surface area contributed by atoms with Crippen LogP contribution < -0.4 is 0 Å². The first-order valence-corrected chi connectivity index (χ1v) is 24.2. The van der Waals surface area contributed by atoms with Crippen molar-refractivity contribution in [2.24, 2.45) is 0 Å². The summed E-state index contributed by atoms with van der Waals surface area (Å²) in [4.78, 5) is 10.2. The zero-order valence-corrected chi connectivity index (χ0v) is 38.2. The van der Waals surface area contributed by atoms with Gasteiger partial charge in [0, 0.05) is 27.9 Å². The molecule has 6 aromatic carbocycles. The molecule has 0 atom stereocenters. The van der Waals surface area contributed by atoms with Crippen LogP contribution in [-0.4, -0.2) is 9.97 Å². The van der Waals surface area contributed by atoms with Gasteiger partial charge < -0.3 is 0 Å². The first kappa shape index (κ1) is 42.4. The molecule has 2 aromatic heterocycles. The van der Waals surface area contributed by atoms with Gasteiger partial charge in [-0.05, 0) is 119 Å². The van der Waals surface area contributed by atoms with Crippen LogP contribution in [0.5, 0.6) is 0 Å². The third-order valence-corrected chi connectivity index (χ3v) is 14.0. The van der Waals surface area contributed by atoms with Crippen LogP contribution >= 0.6 is 0 Å². The molecule has 0 aliphatic heterocycles. The fourth-order valence-corrected chi connectivity index (χ4v) is 10.5. The van der Waals surface area contributed by atoms with Crippen LogP contribution in [0.2, 0.25) is 0 Å². The third kappa shape index (κ3) is 9.01. The van der Waals surface area contributed by atoms with Crippen molar-refractivity contribution in [1.29, 1.82) is 0 Å². The maximum atomic E-state index is 5.38. The van der Waals surface area contributed by atoms with E-state index < -0.39 is 0 Å². The van der Waals surface area contributed by atoms with Gasteiger partial charge in [-0.3, -0.25) is 4.98 Å². The van der Waals surface area contributed by atoms with Crippen LogP contribution in [-0.2, 0) is 5.41 Å². The average molecular weight is 825 g/mol. The number of aromatic nitrogens is 2. The van der Waals surface area contributed by atoms with Crippen molar-refractivity contribution in [3.8, 4) is 55.8 Å². The molecule has 0 fully saturated rings. The zero-order chi connectivity index (χ0) is 43.2. The van der Waals surface area contributed by atoms with Crippen molar-refractivity contribution in [2.45, 2.75) is 123 Å². The number of rotatable bonds is 18. The Morgan fingerprint density at radius 2 is 0.889 bits per heavy atom. The van der Waals surface area contributed by atoms with Crippen LogP contribution in [0.25, 0.3) is 77.6 Å². The van der Waals surface area contributed by atoms with Crippen molar-refractivity contribution in [3.05, 3.63) is 168 Å². The highest BCUT2D eigenvalue weighted by atomic mass is 14.8. The number of fused-ring (bicyclic) bond motifs is 6. The minimum Gasteiger partial charge on any atom is -0.254 e. The molecular weight excluding hydrogens is 761 g/mol. The Balaban J connectivity index is 1.16. The molecule has 2 nitrogen and oxygen atoms in total. The molecule has 0 bridgehead atoms. The van der Waals surface area contributed by atoms with Crippen LogP contribution in [0.1, 0.15) is 126 Å². The second kappa shape index (κ2) is 19.3. The predicted molar refractivity (Wildman–Crippen MR) is 270 cm³/mol. The van der Waals surface area contributed by atoms with Crippen molar-refractivity contribution in [3.63, 3.8) is 0 Å². The number of nitrogens with zero attached hydrogens (tertiary/aromatic N) is 2. The fraction of sp³-hybridized carbons (Fsp3) is 0.311. The lowest BCUT2D eigenvalue weighted by atomic mass is 9.70. The lowest BCUT2D eigenvalue weighted by molar-refractivity contribution is 0.398. The fourth-order valence-electron chi connectivity index (χ4n) is 10.5. The SMILES string of the molecule is CCCCCCCCC1(CCCCCCCC)c2cc(C)ccc2-c2ccc(-c3cc(-c4ccc(-c5ccc(C)cc5)cc4)cc(-c4ccc5ccc6cccnc6c5n4)c3)cc21. The zero-order valence-electron chi connectivity index (χ0n) is 38.2. The summed E-state index contributed by atoms with van der Waals surface area (Å²) in [6.07, 6.45) is 20.1. The molecule has 0 spiro atoms. The van der Waals surface area contributed by atoms with E-state index in [4.69, 9.17) is 9.97 Å². The third-order valence-electron chi connectivity index (χ3n) is 14.0. The Labute approximate surface area is 376 Å². The van der Waals surface area contributed by atoms with Crippen LogP contribution in [0.15, 0.2) is 146 Å². The Hall–Kier alpha value is -5.86. The molecule has 0 unspecified atom stereocenters. The first-order valence-electron chi connectivity index (χ1n) is 24.2. The molecule has 0 radical (unpaired) electrons. The first-order chi connectivity index (χ1) is 30.9. The van der Waals surface area contributed by atoms with Gasteiger partial charge in [0.1, 0.15) is 0 Å². The van der Waals surface area contributed by atoms with Crippen molar-refractivity contribution >= 4 is 21.8 Å². The molecule has 0 saturated carbocycles. The van der Waals surface area contributed by atoms with Crippen molar-refractivity contribution < 1.29 is 0 Å². The van der Waals surface area contributed by atoms with E-state index in [-0.39, 0.29) is 5.41 Å². The summed E-state index contributed by atoms with van der Waals surface area (Å²) in [7, 11) is 0. The molecule has 9 rings (SSSR count). The van der Waals surface area contributed by atoms with Crippen LogP contribution in [0.3, 0.4) is 0 Å². The Morgan fingerprint density at radius 1 is 0.397 bits per heavy atom. The molecule has 1 aliphatic carbocycles. The summed E-state index contributed by atoms with van der Waals surface area (Å²) >= 11 is 0. The summed E-state index contributed by atoms with van der Waals surface area (Å²) < 4.78 is 0. The van der Waals surface area contributed by atoms with E-state index >= 15 is 0 Å². The minimum absolute atomic E-state index is 0.0163. The van der Waals surface area contributed by atoms with Gasteiger partial charge >= 0.3 is 0 Å². The Kier molecular flexibility index (Phi) is 13.0. The van der Waals surface area contributed by atoms with Crippen LogP contribution in [0.4, 0.5) is 0 Å². The topological polar surface area (TPSA) is 25.8 Å². The molecule has 2 heterocycles. The normalized spacial score (nSPS) is 12.8. The highest BCUT2D eigenvalue weighted by molar-refractivity contribution is 6.03. The lowest BCUT2D eigenvalue weighted by Gasteiger charge is -2.33. The van der Waals surface area contributed by atoms with Gasteiger partial charge in [-0.25, -0.2) is 4.98 Å². The van der Waals surface area contributed by atoms with Crippen molar-refractivity contribution in [1.82, 2.24) is 9.97 Å². The van der Waals surface area contributed by atoms with E-state index in [1.165, 1.54) is 146 Å². The van der Waals surface area contributed by atoms with Gasteiger partial charge in [-0.1, -0.05) is 205 Å². The van der Waals surface area contributed by atoms with E-state index in [0.717, 1.165) is 33.1 Å². The molecule has 8 aromatic rings. The van der Waals surface area contributed by atoms with Gasteiger partial charge in [0.2, 0.25) is 0 Å². The summed E-state index contributed by atoms with van der Waals surface area (Å²) in [5.41, 5.74) is 20.0. The van der Waals surface area contributed by atoms with Gasteiger partial charge in [-0.2, -0.15) is 0 Å². The van der Waals surface area contributed by atoms with E-state index in [9.17, 15) is 0 Å². The number of unbranched alkanes of at least 4 members (excludes halogenated alkanes) is 10. The summed E-state index contributed by atoms with van der Waals surface area (Å²) in [5, 5.41) is 2.21. The standard InChI is InChI=1S/C61H64N2/c1-5-7-9-11-13-15-35-61(36-16-14-12-10-8-6-2)56-38-44(4)21-32-54(56)55-33-30-50(42-57(55)61)52-39-51(47-26-24-46(25-27-47)45-22-19-43(3)20-23-45)40-53(41-52)58-34-31-49-29-28-48-18-17-37-62-59(48)60(49)63-58/h17-34,37-42H,5-16,35-36H2,1-4H3. The maximum Gasteiger partial charge on any atom is 0.0972 e. The minimum atomic E-state index is 0.0163. The predicted octanol–water partition coefficient (Wildman–Crippen LogP) is 17.8. The molecule has 0 amide bonds. The molecule has 63 heavy (non-hydrogen) atoms. The van der Waals surface area contributed by atoms with E-state index in [0.29, 0.717) is 0 Å². The summed E-state index contributed by atoms with van der Waals surface area (Å²) in [5.74, 6) is 0. The summed E-state index contributed by atoms with van der Waals surface area (Å²) in [6, 6.07) is 52.7. The number of benzene rings is 6. The van der Waals surface area contributed by atoms with E-state index in [1.54, 1.807) is 11.1 Å². The second-order valence-electron chi connectivity index (χ2n) is 18.6. The monoisotopic (exact) mass is 825 g/mol. The van der Waals surface area contributed by atoms with Gasteiger partial charge in [0.25, 0.3) is 0 Å². The molecule has 1 aliphatic rings. The van der Waals surface area contributed by atoms with Gasteiger partial charge in [0.05, 0.1) is 16.7 Å². The average Bonchev–Trinajstić information content (AvgIpc) is 3.58. The summed E-state index contributed by atoms with van der Waals surface area (Å²) in [6.45, 7) is 9.07. The molecular formula is C61H64N2. The molecule has 0 saturated heterocycles. The molecule has 318 valence electrons. The quantitative estimate of drug-likeness (QED) is 0.0636. The largest absolute Gasteiger partial charge is 0.254 e. The highest BCUT2D eigenvalue weighted by Gasteiger charge is 2.42. The van der Waals surface area contributed by atoms with E-state index in [2.05, 4.69) is 161 Å². The van der Waals surface area contributed by atoms with Crippen molar-refractivity contribution in [2.75, 3.05) is 0 Å². The highest BCUT2D eigenvalue weighted by Crippen LogP contribution is 2.55. The number of hydrogen-bond donors (Lipinski definition) is 0. The van der Waals surface area contributed by atoms with Gasteiger partial charge in [0.15, 0.2) is 0 Å². The molecule has 2 heteroatoms. The maximum absolute atomic E-state index is 5.38. The Bertz CT molecular complexity index is 2810. The van der Waals surface area contributed by atoms with Gasteiger partial charge in [-0.15, -0.1) is 0 Å². The smallest absolute Gasteiger partial charge is 0.0972 e. The number of aryl methyl sites for hydroxylation is 2. The lowest BCUT2D eigenvalue weighted by Crippen LogP contribution is -2.25. The number of hydrogen-bond acceptors (Lipinski definition) is 2. The number of pyridine rings is 2. The van der Waals surface area contributed by atoms with E-state index in [1.807, 2.05) is 12.3 Å². The Morgan fingerprint density at radius 3 is 1.56 bits per heavy atom.